The van der Waals surface area contributed by atoms with Gasteiger partial charge in [-0.25, -0.2) is 0 Å². The molecule has 0 unspecified atom stereocenters. The zero-order valence-corrected chi connectivity index (χ0v) is 6.53. The second kappa shape index (κ2) is 6.99. The van der Waals surface area contributed by atoms with Crippen LogP contribution >= 0.6 is 12.4 Å². The van der Waals surface area contributed by atoms with Gasteiger partial charge in [0.05, 0.1) is 0 Å². The molecule has 0 N–H and O–H groups in total. The van der Waals surface area contributed by atoms with E-state index in [1.807, 2.05) is 6.92 Å². The molecule has 0 radical (unpaired) electrons. The van der Waals surface area contributed by atoms with Crippen molar-refractivity contribution in [3.8, 4) is 0 Å². The summed E-state index contributed by atoms with van der Waals surface area (Å²) in [5.41, 5.74) is 0. The van der Waals surface area contributed by atoms with Crippen molar-refractivity contribution in [1.29, 1.82) is 0 Å². The minimum absolute atomic E-state index is 0. The summed E-state index contributed by atoms with van der Waals surface area (Å²) in [6.07, 6.45) is 4.18. The van der Waals surface area contributed by atoms with Crippen LogP contribution in [-0.2, 0) is 0 Å². The molecular formula is C6H14ClN. The number of allylic oxidation sites excluding steroid dienone is 1. The molecule has 0 aromatic carbocycles. The Labute approximate surface area is 57.8 Å². The Balaban J connectivity index is 0. The van der Waals surface area contributed by atoms with E-state index in [2.05, 4.69) is 31.1 Å². The molecule has 0 aromatic heterocycles. The van der Waals surface area contributed by atoms with Crippen LogP contribution in [0, 0.1) is 0 Å². The number of nitrogens with zero attached hydrogens (tertiary/aromatic N) is 1. The maximum absolute atomic E-state index is 2.12. The standard InChI is InChI=1S/C6H13N.ClH/c1-4-5-6-7(2)3;/h4-5H,6H2,1-3H3;1H/b5-4+;. The number of rotatable bonds is 2. The molecule has 0 bridgehead atoms. The fraction of sp³-hybridized carbons (Fsp3) is 0.667. The Morgan fingerprint density at radius 2 is 1.88 bits per heavy atom. The van der Waals surface area contributed by atoms with Gasteiger partial charge in [0.15, 0.2) is 0 Å². The number of hydrogen-bond acceptors (Lipinski definition) is 1. The van der Waals surface area contributed by atoms with Gasteiger partial charge in [-0.15, -0.1) is 12.4 Å². The fourth-order valence-electron chi connectivity index (χ4n) is 0.316. The van der Waals surface area contributed by atoms with Gasteiger partial charge in [0.1, 0.15) is 0 Å². The highest BCUT2D eigenvalue weighted by Gasteiger charge is 1.77. The largest absolute Gasteiger partial charge is 0.306 e. The molecule has 8 heavy (non-hydrogen) atoms. The summed E-state index contributed by atoms with van der Waals surface area (Å²) in [5.74, 6) is 0. The van der Waals surface area contributed by atoms with Crippen LogP contribution in [0.25, 0.3) is 0 Å². The molecule has 0 aliphatic heterocycles. The van der Waals surface area contributed by atoms with E-state index >= 15 is 0 Å². The number of likely N-dealkylation sites (N-methyl/N-ethyl adjacent to an activating group) is 1. The Hall–Kier alpha value is -0.0100. The monoisotopic (exact) mass is 135 g/mol. The third-order valence-corrected chi connectivity index (χ3v) is 0.706. The molecule has 0 aliphatic rings. The summed E-state index contributed by atoms with van der Waals surface area (Å²) in [6, 6.07) is 0. The van der Waals surface area contributed by atoms with E-state index in [4.69, 9.17) is 0 Å². The first-order valence-corrected chi connectivity index (χ1v) is 2.53. The topological polar surface area (TPSA) is 3.24 Å². The number of hydrogen-bond donors (Lipinski definition) is 0. The van der Waals surface area contributed by atoms with Gasteiger partial charge >= 0.3 is 0 Å². The highest BCUT2D eigenvalue weighted by atomic mass is 35.5. The van der Waals surface area contributed by atoms with E-state index in [0.29, 0.717) is 0 Å². The van der Waals surface area contributed by atoms with E-state index < -0.39 is 0 Å². The van der Waals surface area contributed by atoms with Gasteiger partial charge in [0, 0.05) is 6.54 Å². The summed E-state index contributed by atoms with van der Waals surface area (Å²) in [5, 5.41) is 0. The molecule has 0 saturated heterocycles. The quantitative estimate of drug-likeness (QED) is 0.520. The van der Waals surface area contributed by atoms with Crippen LogP contribution in [0.2, 0.25) is 0 Å². The maximum Gasteiger partial charge on any atom is 0.0157 e. The Bertz CT molecular complexity index is 59.5. The van der Waals surface area contributed by atoms with Crippen LogP contribution in [0.5, 0.6) is 0 Å². The van der Waals surface area contributed by atoms with E-state index in [9.17, 15) is 0 Å². The van der Waals surface area contributed by atoms with Crippen molar-refractivity contribution in [3.05, 3.63) is 12.2 Å². The number of halogens is 1. The molecule has 0 atom stereocenters. The minimum Gasteiger partial charge on any atom is -0.306 e. The van der Waals surface area contributed by atoms with Crippen molar-refractivity contribution in [2.24, 2.45) is 0 Å². The molecule has 0 aromatic rings. The summed E-state index contributed by atoms with van der Waals surface area (Å²) in [7, 11) is 4.11. The highest BCUT2D eigenvalue weighted by Crippen LogP contribution is 1.74. The predicted octanol–water partition coefficient (Wildman–Crippen LogP) is 1.55. The third kappa shape index (κ3) is 9.37. The molecule has 0 rings (SSSR count). The van der Waals surface area contributed by atoms with Crippen LogP contribution in [0.1, 0.15) is 6.92 Å². The second-order valence-electron chi connectivity index (χ2n) is 1.83. The van der Waals surface area contributed by atoms with E-state index in [1.165, 1.54) is 0 Å². The molecule has 0 aliphatic carbocycles. The van der Waals surface area contributed by atoms with Crippen molar-refractivity contribution in [1.82, 2.24) is 4.90 Å². The average Bonchev–Trinajstić information content (AvgIpc) is 1.61. The molecule has 50 valence electrons. The van der Waals surface area contributed by atoms with Crippen LogP contribution < -0.4 is 0 Å². The lowest BCUT2D eigenvalue weighted by Crippen LogP contribution is -2.10. The molecule has 0 spiro atoms. The lowest BCUT2D eigenvalue weighted by atomic mass is 10.5. The van der Waals surface area contributed by atoms with Gasteiger partial charge in [0.25, 0.3) is 0 Å². The third-order valence-electron chi connectivity index (χ3n) is 0.706. The van der Waals surface area contributed by atoms with E-state index in [-0.39, 0.29) is 12.4 Å². The van der Waals surface area contributed by atoms with Crippen LogP contribution in [-0.4, -0.2) is 25.5 Å². The molecule has 1 nitrogen and oxygen atoms in total. The van der Waals surface area contributed by atoms with Crippen LogP contribution in [0.4, 0.5) is 0 Å². The van der Waals surface area contributed by atoms with E-state index in [1.54, 1.807) is 0 Å². The Kier molecular flexibility index (Phi) is 9.51. The van der Waals surface area contributed by atoms with Crippen molar-refractivity contribution in [2.45, 2.75) is 6.92 Å². The Morgan fingerprint density at radius 1 is 1.38 bits per heavy atom. The van der Waals surface area contributed by atoms with Gasteiger partial charge in [-0.2, -0.15) is 0 Å². The van der Waals surface area contributed by atoms with E-state index in [0.717, 1.165) is 6.54 Å². The van der Waals surface area contributed by atoms with Crippen molar-refractivity contribution < 1.29 is 0 Å². The SMILES string of the molecule is C/C=C/CN(C)C.Cl. The zero-order valence-electron chi connectivity index (χ0n) is 5.72. The normalized spacial score (nSPS) is 10.0. The van der Waals surface area contributed by atoms with Crippen LogP contribution in [0.3, 0.4) is 0 Å². The van der Waals surface area contributed by atoms with Crippen molar-refractivity contribution in [2.75, 3.05) is 20.6 Å². The molecule has 0 amide bonds. The first-order valence-electron chi connectivity index (χ1n) is 2.53. The lowest BCUT2D eigenvalue weighted by molar-refractivity contribution is 0.456. The summed E-state index contributed by atoms with van der Waals surface area (Å²) in [6.45, 7) is 3.08. The van der Waals surface area contributed by atoms with Crippen molar-refractivity contribution >= 4 is 12.4 Å². The van der Waals surface area contributed by atoms with Gasteiger partial charge in [0.2, 0.25) is 0 Å². The van der Waals surface area contributed by atoms with Gasteiger partial charge in [-0.05, 0) is 21.0 Å². The summed E-state index contributed by atoms with van der Waals surface area (Å²) >= 11 is 0. The van der Waals surface area contributed by atoms with Crippen LogP contribution in [0.15, 0.2) is 12.2 Å². The molecule has 2 heteroatoms. The highest BCUT2D eigenvalue weighted by molar-refractivity contribution is 5.85. The maximum atomic E-state index is 2.12. The zero-order chi connectivity index (χ0) is 5.70. The fourth-order valence-corrected chi connectivity index (χ4v) is 0.316. The lowest BCUT2D eigenvalue weighted by Gasteiger charge is -2.02. The summed E-state index contributed by atoms with van der Waals surface area (Å²) < 4.78 is 0. The van der Waals surface area contributed by atoms with Gasteiger partial charge < -0.3 is 4.90 Å². The summed E-state index contributed by atoms with van der Waals surface area (Å²) in [4.78, 5) is 2.12. The smallest absolute Gasteiger partial charge is 0.0157 e. The second-order valence-corrected chi connectivity index (χ2v) is 1.83. The molecule has 0 heterocycles. The minimum atomic E-state index is 0. The average molecular weight is 136 g/mol. The predicted molar refractivity (Wildman–Crippen MR) is 40.6 cm³/mol. The first-order chi connectivity index (χ1) is 3.27. The first kappa shape index (κ1) is 10.9. The van der Waals surface area contributed by atoms with Gasteiger partial charge in [-0.1, -0.05) is 12.2 Å². The van der Waals surface area contributed by atoms with Crippen molar-refractivity contribution in [3.63, 3.8) is 0 Å². The molecule has 0 fully saturated rings. The Morgan fingerprint density at radius 3 is 2.00 bits per heavy atom. The molecule has 0 saturated carbocycles. The molecular weight excluding hydrogens is 122 g/mol. The van der Waals surface area contributed by atoms with Gasteiger partial charge in [-0.3, -0.25) is 0 Å².